The van der Waals surface area contributed by atoms with Crippen LogP contribution < -0.4 is 5.06 Å². The summed E-state index contributed by atoms with van der Waals surface area (Å²) in [5.41, 5.74) is 1.64. The van der Waals surface area contributed by atoms with E-state index in [0.717, 1.165) is 5.56 Å². The van der Waals surface area contributed by atoms with Gasteiger partial charge in [-0.2, -0.15) is 0 Å². The Labute approximate surface area is 113 Å². The third kappa shape index (κ3) is 3.08. The zero-order valence-corrected chi connectivity index (χ0v) is 11.3. The average molecular weight is 261 g/mol. The van der Waals surface area contributed by atoms with E-state index in [0.29, 0.717) is 24.9 Å². The molecule has 19 heavy (non-hydrogen) atoms. The van der Waals surface area contributed by atoms with Crippen molar-refractivity contribution in [2.45, 2.75) is 32.7 Å². The van der Waals surface area contributed by atoms with E-state index in [-0.39, 0.29) is 22.5 Å². The lowest BCUT2D eigenvalue weighted by molar-refractivity contribution is -0.871. The molecule has 4 nitrogen and oxygen atoms in total. The topological polar surface area (TPSA) is 61.6 Å². The van der Waals surface area contributed by atoms with Crippen LogP contribution in [0.5, 0.6) is 0 Å². The molecule has 1 aromatic carbocycles. The van der Waals surface area contributed by atoms with Crippen molar-refractivity contribution >= 4 is 11.6 Å². The van der Waals surface area contributed by atoms with E-state index in [1.54, 1.807) is 12.1 Å². The molecule has 102 valence electrons. The quantitative estimate of drug-likeness (QED) is 0.650. The minimum Gasteiger partial charge on any atom is -0.634 e. The highest BCUT2D eigenvalue weighted by molar-refractivity contribution is 5.99. The Morgan fingerprint density at radius 2 is 1.89 bits per heavy atom. The highest BCUT2D eigenvalue weighted by atomic mass is 16.5. The van der Waals surface area contributed by atoms with E-state index in [4.69, 9.17) is 0 Å². The van der Waals surface area contributed by atoms with Crippen molar-refractivity contribution < 1.29 is 14.7 Å². The van der Waals surface area contributed by atoms with Gasteiger partial charge in [0, 0.05) is 24.3 Å². The average Bonchev–Trinajstić information content (AvgIpc) is 2.39. The molecule has 1 saturated heterocycles. The van der Waals surface area contributed by atoms with Crippen LogP contribution in [0.3, 0.4) is 0 Å². The molecule has 0 aliphatic carbocycles. The Hall–Kier alpha value is -1.52. The van der Waals surface area contributed by atoms with Gasteiger partial charge in [-0.3, -0.25) is 9.59 Å². The zero-order valence-electron chi connectivity index (χ0n) is 11.3. The molecular weight excluding hydrogens is 242 g/mol. The SMILES string of the molecule is CC(=O)C1CC[NH+]([O-])C(C(=O)c2ccc(C)cc2)C1. The molecule has 1 aromatic rings. The normalized spacial score (nSPS) is 27.0. The van der Waals surface area contributed by atoms with Gasteiger partial charge in [0.15, 0.2) is 6.04 Å². The molecule has 0 amide bonds. The molecule has 0 radical (unpaired) electrons. The molecule has 0 saturated carbocycles. The third-order valence-electron chi connectivity index (χ3n) is 3.88. The first-order chi connectivity index (χ1) is 8.99. The number of carbonyl (C=O) groups is 2. The van der Waals surface area contributed by atoms with Crippen LogP contribution in [0.2, 0.25) is 0 Å². The molecule has 1 heterocycles. The Morgan fingerprint density at radius 1 is 1.26 bits per heavy atom. The maximum absolute atomic E-state index is 12.4. The standard InChI is InChI=1S/C15H19NO3/c1-10-3-5-12(6-4-10)15(18)14-9-13(11(2)17)7-8-16(14)19/h3-6,13-14,16H,7-9H2,1-2H3. The number of hydrogen-bond donors (Lipinski definition) is 1. The molecule has 0 aromatic heterocycles. The van der Waals surface area contributed by atoms with E-state index < -0.39 is 6.04 Å². The first-order valence-electron chi connectivity index (χ1n) is 6.63. The zero-order chi connectivity index (χ0) is 14.0. The molecule has 1 fully saturated rings. The number of hydroxylamine groups is 2. The van der Waals surface area contributed by atoms with Gasteiger partial charge in [-0.15, -0.1) is 0 Å². The Kier molecular flexibility index (Phi) is 4.12. The van der Waals surface area contributed by atoms with Crippen molar-refractivity contribution in [1.29, 1.82) is 0 Å². The van der Waals surface area contributed by atoms with Crippen LogP contribution in [0, 0.1) is 18.0 Å². The number of piperidine rings is 1. The molecule has 3 atom stereocenters. The lowest BCUT2D eigenvalue weighted by Crippen LogP contribution is -3.13. The highest BCUT2D eigenvalue weighted by Crippen LogP contribution is 2.17. The largest absolute Gasteiger partial charge is 0.634 e. The van der Waals surface area contributed by atoms with Crippen molar-refractivity contribution in [3.05, 3.63) is 40.6 Å². The summed E-state index contributed by atoms with van der Waals surface area (Å²) in [7, 11) is 0. The van der Waals surface area contributed by atoms with Gasteiger partial charge in [0.2, 0.25) is 5.78 Å². The molecule has 1 N–H and O–H groups in total. The Morgan fingerprint density at radius 3 is 2.47 bits per heavy atom. The molecule has 4 heteroatoms. The molecule has 0 spiro atoms. The van der Waals surface area contributed by atoms with E-state index in [9.17, 15) is 14.8 Å². The molecule has 0 bridgehead atoms. The van der Waals surface area contributed by atoms with Gasteiger partial charge < -0.3 is 10.3 Å². The van der Waals surface area contributed by atoms with Crippen LogP contribution >= 0.6 is 0 Å². The number of hydrogen-bond acceptors (Lipinski definition) is 3. The fourth-order valence-electron chi connectivity index (χ4n) is 2.57. The lowest BCUT2D eigenvalue weighted by atomic mass is 9.86. The predicted molar refractivity (Wildman–Crippen MR) is 71.9 cm³/mol. The molecule has 2 rings (SSSR count). The summed E-state index contributed by atoms with van der Waals surface area (Å²) in [4.78, 5) is 23.8. The van der Waals surface area contributed by atoms with Gasteiger partial charge in [0.1, 0.15) is 5.78 Å². The monoisotopic (exact) mass is 261 g/mol. The van der Waals surface area contributed by atoms with E-state index in [1.165, 1.54) is 6.92 Å². The van der Waals surface area contributed by atoms with Gasteiger partial charge >= 0.3 is 0 Å². The summed E-state index contributed by atoms with van der Waals surface area (Å²) in [6.07, 6.45) is 0.965. The number of carbonyl (C=O) groups excluding carboxylic acids is 2. The second-order valence-electron chi connectivity index (χ2n) is 5.33. The van der Waals surface area contributed by atoms with Crippen LogP contribution in [-0.4, -0.2) is 24.2 Å². The van der Waals surface area contributed by atoms with Gasteiger partial charge in [0.25, 0.3) is 0 Å². The lowest BCUT2D eigenvalue weighted by Gasteiger charge is -2.37. The highest BCUT2D eigenvalue weighted by Gasteiger charge is 2.35. The molecule has 1 aliphatic rings. The second-order valence-corrected chi connectivity index (χ2v) is 5.33. The molecule has 3 unspecified atom stereocenters. The van der Waals surface area contributed by atoms with Gasteiger partial charge in [-0.05, 0) is 13.8 Å². The number of benzene rings is 1. The van der Waals surface area contributed by atoms with Gasteiger partial charge in [-0.1, -0.05) is 29.8 Å². The van der Waals surface area contributed by atoms with Crippen LogP contribution in [0.1, 0.15) is 35.7 Å². The maximum atomic E-state index is 12.4. The number of aryl methyl sites for hydroxylation is 1. The summed E-state index contributed by atoms with van der Waals surface area (Å²) in [5.74, 6) is -0.206. The van der Waals surface area contributed by atoms with E-state index >= 15 is 0 Å². The summed E-state index contributed by atoms with van der Waals surface area (Å²) >= 11 is 0. The number of Topliss-reactive ketones (excluding diaryl/α,β-unsaturated/α-hetero) is 2. The van der Waals surface area contributed by atoms with Crippen LogP contribution in [-0.2, 0) is 4.79 Å². The summed E-state index contributed by atoms with van der Waals surface area (Å²) in [6.45, 7) is 3.83. The van der Waals surface area contributed by atoms with Crippen molar-refractivity contribution in [2.24, 2.45) is 5.92 Å². The van der Waals surface area contributed by atoms with E-state index in [1.807, 2.05) is 19.1 Å². The summed E-state index contributed by atoms with van der Waals surface area (Å²) in [6, 6.07) is 6.60. The first-order valence-corrected chi connectivity index (χ1v) is 6.63. The van der Waals surface area contributed by atoms with Crippen molar-refractivity contribution in [1.82, 2.24) is 0 Å². The number of nitrogens with one attached hydrogen (secondary N) is 1. The number of rotatable bonds is 3. The molecule has 1 aliphatic heterocycles. The number of quaternary nitrogens is 1. The Bertz CT molecular complexity index is 481. The van der Waals surface area contributed by atoms with E-state index in [2.05, 4.69) is 0 Å². The van der Waals surface area contributed by atoms with Crippen LogP contribution in [0.4, 0.5) is 0 Å². The second kappa shape index (κ2) is 5.63. The van der Waals surface area contributed by atoms with Crippen molar-refractivity contribution in [3.8, 4) is 0 Å². The van der Waals surface area contributed by atoms with Gasteiger partial charge in [0.05, 0.1) is 6.54 Å². The minimum absolute atomic E-state index is 0.0249. The van der Waals surface area contributed by atoms with Crippen molar-refractivity contribution in [2.75, 3.05) is 6.54 Å². The predicted octanol–water partition coefficient (Wildman–Crippen LogP) is 0.928. The smallest absolute Gasteiger partial charge is 0.220 e. The number of ketones is 2. The van der Waals surface area contributed by atoms with Crippen LogP contribution in [0.15, 0.2) is 24.3 Å². The molecular formula is C15H19NO3. The fourth-order valence-corrected chi connectivity index (χ4v) is 2.57. The third-order valence-corrected chi connectivity index (χ3v) is 3.88. The van der Waals surface area contributed by atoms with Crippen LogP contribution in [0.25, 0.3) is 0 Å². The maximum Gasteiger partial charge on any atom is 0.220 e. The minimum atomic E-state index is -0.634. The van der Waals surface area contributed by atoms with Crippen molar-refractivity contribution in [3.63, 3.8) is 0 Å². The summed E-state index contributed by atoms with van der Waals surface area (Å²) < 4.78 is 0. The first kappa shape index (κ1) is 13.9. The summed E-state index contributed by atoms with van der Waals surface area (Å²) in [5, 5.41) is 11.9. The van der Waals surface area contributed by atoms with Gasteiger partial charge in [-0.25, -0.2) is 0 Å². The Balaban J connectivity index is 2.16. The fraction of sp³-hybridized carbons (Fsp3) is 0.467.